The topological polar surface area (TPSA) is 94.3 Å². The summed E-state index contributed by atoms with van der Waals surface area (Å²) < 4.78 is 11.5. The molecule has 1 aliphatic rings. The quantitative estimate of drug-likeness (QED) is 0.115. The number of nitrogens with zero attached hydrogens (tertiary/aromatic N) is 3. The molecule has 0 unspecified atom stereocenters. The number of nitro benzene ring substituents is 1. The summed E-state index contributed by atoms with van der Waals surface area (Å²) in [5.41, 5.74) is 5.05. The average Bonchev–Trinajstić information content (AvgIpc) is 3.27. The van der Waals surface area contributed by atoms with Crippen LogP contribution >= 0.6 is 23.4 Å². The Balaban J connectivity index is 1.44. The van der Waals surface area contributed by atoms with E-state index in [1.165, 1.54) is 31.0 Å². The Morgan fingerprint density at radius 3 is 2.24 bits per heavy atom. The first-order chi connectivity index (χ1) is 20.2. The molecular weight excluding hydrogens is 574 g/mol. The Hall–Kier alpha value is -4.60. The molecule has 0 spiro atoms. The van der Waals surface area contributed by atoms with E-state index in [1.807, 2.05) is 62.4 Å². The van der Waals surface area contributed by atoms with E-state index < -0.39 is 4.92 Å². The van der Waals surface area contributed by atoms with Crippen LogP contribution < -0.4 is 14.4 Å². The van der Waals surface area contributed by atoms with Crippen molar-refractivity contribution < 1.29 is 19.2 Å². The van der Waals surface area contributed by atoms with Gasteiger partial charge in [-0.05, 0) is 91.3 Å². The molecule has 1 saturated heterocycles. The monoisotopic (exact) mass is 599 g/mol. The molecule has 10 heteroatoms. The third-order valence-electron chi connectivity index (χ3n) is 6.44. The lowest BCUT2D eigenvalue weighted by atomic mass is 10.1. The Bertz CT molecular complexity index is 1700. The molecule has 0 radical (unpaired) electrons. The molecule has 212 valence electrons. The smallest absolute Gasteiger partial charge is 0.271 e. The maximum Gasteiger partial charge on any atom is 0.271 e. The third kappa shape index (κ3) is 6.48. The van der Waals surface area contributed by atoms with Crippen molar-refractivity contribution in [2.45, 2.75) is 20.5 Å². The van der Waals surface area contributed by atoms with Crippen LogP contribution in [0.1, 0.15) is 22.3 Å². The largest absolute Gasteiger partial charge is 0.493 e. The average molecular weight is 600 g/mol. The molecule has 4 aromatic carbocycles. The van der Waals surface area contributed by atoms with Crippen LogP contribution in [0.15, 0.2) is 94.8 Å². The lowest BCUT2D eigenvalue weighted by Gasteiger charge is -2.16. The molecule has 1 aliphatic heterocycles. The summed E-state index contributed by atoms with van der Waals surface area (Å²) in [6.45, 7) is 4.14. The Morgan fingerprint density at radius 1 is 0.976 bits per heavy atom. The van der Waals surface area contributed by atoms with Crippen molar-refractivity contribution in [2.24, 2.45) is 4.99 Å². The summed E-state index contributed by atoms with van der Waals surface area (Å²) in [6, 6.07) is 25.0. The van der Waals surface area contributed by atoms with E-state index >= 15 is 0 Å². The summed E-state index contributed by atoms with van der Waals surface area (Å²) in [7, 11) is 1.50. The van der Waals surface area contributed by atoms with Crippen LogP contribution in [0.25, 0.3) is 6.08 Å². The Kier molecular flexibility index (Phi) is 8.61. The number of thioether (sulfide) groups is 1. The fourth-order valence-electron chi connectivity index (χ4n) is 4.18. The van der Waals surface area contributed by atoms with Crippen molar-refractivity contribution in [3.8, 4) is 11.5 Å². The van der Waals surface area contributed by atoms with E-state index in [0.717, 1.165) is 28.1 Å². The lowest BCUT2D eigenvalue weighted by molar-refractivity contribution is -0.384. The van der Waals surface area contributed by atoms with Gasteiger partial charge in [0.15, 0.2) is 16.7 Å². The summed E-state index contributed by atoms with van der Waals surface area (Å²) in [6.07, 6.45) is 1.75. The van der Waals surface area contributed by atoms with E-state index in [0.29, 0.717) is 32.2 Å². The number of amides is 1. The number of methoxy groups -OCH3 is 1. The standard InChI is InChI=1S/C32H26ClN3O5S/c1-20-4-10-24(11-5-20)34-32-35(25-12-6-21(2)7-13-25)31(37)29(42-32)18-23-16-27(33)30(28(17-23)40-3)41-19-22-8-14-26(15-9-22)36(38)39/h4-18H,19H2,1-3H3/b29-18-,34-32?. The highest BCUT2D eigenvalue weighted by Crippen LogP contribution is 2.41. The van der Waals surface area contributed by atoms with Gasteiger partial charge in [0.25, 0.3) is 11.6 Å². The lowest BCUT2D eigenvalue weighted by Crippen LogP contribution is -2.28. The molecule has 8 nitrogen and oxygen atoms in total. The Morgan fingerprint density at radius 2 is 1.62 bits per heavy atom. The van der Waals surface area contributed by atoms with Gasteiger partial charge in [0.05, 0.1) is 33.3 Å². The molecule has 0 saturated carbocycles. The molecule has 4 aromatic rings. The fourth-order valence-corrected chi connectivity index (χ4v) is 5.46. The minimum absolute atomic E-state index is 0.000838. The number of anilines is 1. The number of nitro groups is 1. The third-order valence-corrected chi connectivity index (χ3v) is 7.69. The van der Waals surface area contributed by atoms with Gasteiger partial charge >= 0.3 is 0 Å². The van der Waals surface area contributed by atoms with E-state index in [1.54, 1.807) is 35.2 Å². The molecule has 0 aliphatic carbocycles. The number of benzene rings is 4. The molecule has 0 atom stereocenters. The highest BCUT2D eigenvalue weighted by molar-refractivity contribution is 8.19. The number of carbonyl (C=O) groups excluding carboxylic acids is 1. The second-order valence-corrected chi connectivity index (χ2v) is 11.0. The van der Waals surface area contributed by atoms with E-state index in [-0.39, 0.29) is 18.2 Å². The molecule has 0 aromatic heterocycles. The number of non-ortho nitro benzene ring substituents is 1. The number of aliphatic imine (C=N–C) groups is 1. The normalized spacial score (nSPS) is 15.0. The van der Waals surface area contributed by atoms with Gasteiger partial charge < -0.3 is 9.47 Å². The summed E-state index contributed by atoms with van der Waals surface area (Å²) in [4.78, 5) is 31.0. The van der Waals surface area contributed by atoms with Gasteiger partial charge in [-0.15, -0.1) is 0 Å². The zero-order valence-electron chi connectivity index (χ0n) is 23.0. The second-order valence-electron chi connectivity index (χ2n) is 9.56. The molecular formula is C32H26ClN3O5S. The van der Waals surface area contributed by atoms with Gasteiger partial charge in [0.2, 0.25) is 0 Å². The van der Waals surface area contributed by atoms with Crippen LogP contribution in [0.3, 0.4) is 0 Å². The minimum Gasteiger partial charge on any atom is -0.493 e. The van der Waals surface area contributed by atoms with E-state index in [9.17, 15) is 14.9 Å². The SMILES string of the molecule is COc1cc(/C=C2\SC(=Nc3ccc(C)cc3)N(c3ccc(C)cc3)C2=O)cc(Cl)c1OCc1ccc([N+](=O)[O-])cc1. The second kappa shape index (κ2) is 12.5. The van der Waals surface area contributed by atoms with Crippen molar-refractivity contribution in [3.63, 3.8) is 0 Å². The number of amidine groups is 1. The maximum atomic E-state index is 13.7. The van der Waals surface area contributed by atoms with Crippen LogP contribution in [-0.4, -0.2) is 23.1 Å². The first-order valence-electron chi connectivity index (χ1n) is 12.9. The zero-order chi connectivity index (χ0) is 29.8. The highest BCUT2D eigenvalue weighted by Gasteiger charge is 2.35. The number of ether oxygens (including phenoxy) is 2. The number of halogens is 1. The Labute approximate surface area is 252 Å². The van der Waals surface area contributed by atoms with Crippen LogP contribution in [0.4, 0.5) is 17.1 Å². The molecule has 1 fully saturated rings. The van der Waals surface area contributed by atoms with Crippen molar-refractivity contribution in [1.29, 1.82) is 0 Å². The molecule has 1 heterocycles. The number of hydrogen-bond acceptors (Lipinski definition) is 7. The molecule has 1 amide bonds. The first kappa shape index (κ1) is 28.9. The van der Waals surface area contributed by atoms with Gasteiger partial charge in [-0.1, -0.05) is 47.0 Å². The van der Waals surface area contributed by atoms with Gasteiger partial charge in [0, 0.05) is 12.1 Å². The van der Waals surface area contributed by atoms with Gasteiger partial charge in [-0.25, -0.2) is 4.99 Å². The van der Waals surface area contributed by atoms with Crippen LogP contribution in [0.5, 0.6) is 11.5 Å². The van der Waals surface area contributed by atoms with E-state index in [4.69, 9.17) is 26.1 Å². The number of rotatable bonds is 8. The van der Waals surface area contributed by atoms with E-state index in [2.05, 4.69) is 0 Å². The number of aryl methyl sites for hydroxylation is 2. The van der Waals surface area contributed by atoms with Gasteiger partial charge in [-0.2, -0.15) is 0 Å². The predicted octanol–water partition coefficient (Wildman–Crippen LogP) is 8.26. The molecule has 0 N–H and O–H groups in total. The highest BCUT2D eigenvalue weighted by atomic mass is 35.5. The van der Waals surface area contributed by atoms with Crippen molar-refractivity contribution in [1.82, 2.24) is 0 Å². The first-order valence-corrected chi connectivity index (χ1v) is 14.1. The minimum atomic E-state index is -0.456. The molecule has 5 rings (SSSR count). The summed E-state index contributed by atoms with van der Waals surface area (Å²) >= 11 is 7.89. The maximum absolute atomic E-state index is 13.7. The molecule has 42 heavy (non-hydrogen) atoms. The summed E-state index contributed by atoms with van der Waals surface area (Å²) in [5, 5.41) is 11.7. The van der Waals surface area contributed by atoms with Crippen molar-refractivity contribution >= 4 is 57.6 Å². The van der Waals surface area contributed by atoms with Gasteiger partial charge in [-0.3, -0.25) is 19.8 Å². The van der Waals surface area contributed by atoms with Crippen LogP contribution in [0, 0.1) is 24.0 Å². The number of carbonyl (C=O) groups is 1. The van der Waals surface area contributed by atoms with Crippen molar-refractivity contribution in [3.05, 3.63) is 127 Å². The predicted molar refractivity (Wildman–Crippen MR) is 168 cm³/mol. The van der Waals surface area contributed by atoms with Crippen LogP contribution in [-0.2, 0) is 11.4 Å². The van der Waals surface area contributed by atoms with Crippen LogP contribution in [0.2, 0.25) is 5.02 Å². The number of hydrogen-bond donors (Lipinski definition) is 0. The van der Waals surface area contributed by atoms with Crippen molar-refractivity contribution in [2.75, 3.05) is 12.0 Å². The summed E-state index contributed by atoms with van der Waals surface area (Å²) in [5.74, 6) is 0.506. The van der Waals surface area contributed by atoms with Gasteiger partial charge in [0.1, 0.15) is 6.61 Å². The zero-order valence-corrected chi connectivity index (χ0v) is 24.6. The fraction of sp³-hybridized carbons (Fsp3) is 0.125. The molecule has 0 bridgehead atoms.